The van der Waals surface area contributed by atoms with Crippen molar-refractivity contribution in [3.8, 4) is 0 Å². The van der Waals surface area contributed by atoms with Crippen LogP contribution < -0.4 is 5.73 Å². The Morgan fingerprint density at radius 1 is 1.42 bits per heavy atom. The first-order chi connectivity index (χ1) is 8.64. The van der Waals surface area contributed by atoms with Crippen LogP contribution in [0.3, 0.4) is 0 Å². The highest BCUT2D eigenvalue weighted by atomic mass is 28.4. The van der Waals surface area contributed by atoms with Crippen LogP contribution in [0.5, 0.6) is 0 Å². The first-order valence-electron chi connectivity index (χ1n) is 7.38. The summed E-state index contributed by atoms with van der Waals surface area (Å²) in [6.07, 6.45) is 3.16. The monoisotopic (exact) mass is 284 g/mol. The Labute approximate surface area is 120 Å². The third-order valence-corrected chi connectivity index (χ3v) is 9.41. The third-order valence-electron chi connectivity index (χ3n) is 4.91. The fourth-order valence-electron chi connectivity index (χ4n) is 2.40. The van der Waals surface area contributed by atoms with Gasteiger partial charge in [-0.05, 0) is 31.5 Å². The molecule has 1 heterocycles. The van der Waals surface area contributed by atoms with E-state index in [4.69, 9.17) is 10.2 Å². The predicted octanol–water partition coefficient (Wildman–Crippen LogP) is 2.98. The van der Waals surface area contributed by atoms with Gasteiger partial charge in [-0.3, -0.25) is 4.90 Å². The second kappa shape index (κ2) is 6.08. The smallest absolute Gasteiger partial charge is 0.192 e. The lowest BCUT2D eigenvalue weighted by Crippen LogP contribution is -2.64. The summed E-state index contributed by atoms with van der Waals surface area (Å²) in [5.41, 5.74) is 5.82. The zero-order chi connectivity index (χ0) is 14.8. The molecule has 1 aliphatic rings. The molecular weight excluding hydrogens is 252 g/mol. The van der Waals surface area contributed by atoms with E-state index < -0.39 is 8.32 Å². The Bertz CT molecular complexity index is 312. The third kappa shape index (κ3) is 3.69. The van der Waals surface area contributed by atoms with Crippen molar-refractivity contribution in [1.29, 1.82) is 0 Å². The predicted molar refractivity (Wildman–Crippen MR) is 85.9 cm³/mol. The molecule has 19 heavy (non-hydrogen) atoms. The van der Waals surface area contributed by atoms with Gasteiger partial charge in [0.05, 0.1) is 0 Å². The van der Waals surface area contributed by atoms with Crippen LogP contribution in [0.1, 0.15) is 34.1 Å². The molecule has 1 rings (SSSR count). The van der Waals surface area contributed by atoms with Crippen LogP contribution in [0, 0.1) is 0 Å². The van der Waals surface area contributed by atoms with Gasteiger partial charge in [-0.15, -0.1) is 6.58 Å². The molecule has 1 saturated heterocycles. The summed E-state index contributed by atoms with van der Waals surface area (Å²) < 4.78 is 6.34. The lowest BCUT2D eigenvalue weighted by molar-refractivity contribution is -0.0254. The van der Waals surface area contributed by atoms with Crippen LogP contribution >= 0.6 is 0 Å². The van der Waals surface area contributed by atoms with Crippen molar-refractivity contribution in [3.63, 3.8) is 0 Å². The van der Waals surface area contributed by atoms with Crippen molar-refractivity contribution in [1.82, 2.24) is 4.90 Å². The zero-order valence-electron chi connectivity index (χ0n) is 13.6. The molecule has 1 fully saturated rings. The molecule has 0 aromatic rings. The highest BCUT2D eigenvalue weighted by Gasteiger charge is 2.42. The van der Waals surface area contributed by atoms with Crippen molar-refractivity contribution in [2.24, 2.45) is 5.73 Å². The van der Waals surface area contributed by atoms with Crippen LogP contribution in [0.15, 0.2) is 12.7 Å². The fourth-order valence-corrected chi connectivity index (χ4v) is 3.44. The molecule has 0 aliphatic carbocycles. The fraction of sp³-hybridized carbons (Fsp3) is 0.867. The summed E-state index contributed by atoms with van der Waals surface area (Å²) in [5, 5.41) is 0.277. The molecule has 0 saturated carbocycles. The highest BCUT2D eigenvalue weighted by molar-refractivity contribution is 6.74. The van der Waals surface area contributed by atoms with Gasteiger partial charge in [0.1, 0.15) is 0 Å². The van der Waals surface area contributed by atoms with Crippen molar-refractivity contribution >= 4 is 8.32 Å². The summed E-state index contributed by atoms with van der Waals surface area (Å²) in [5.74, 6) is 0. The molecular formula is C15H32N2OSi. The molecule has 1 aliphatic heterocycles. The van der Waals surface area contributed by atoms with E-state index in [9.17, 15) is 0 Å². The average Bonchev–Trinajstić information content (AvgIpc) is 2.26. The summed E-state index contributed by atoms with van der Waals surface area (Å²) in [6, 6.07) is 1.40. The van der Waals surface area contributed by atoms with E-state index in [2.05, 4.69) is 52.3 Å². The van der Waals surface area contributed by atoms with E-state index in [1.54, 1.807) is 0 Å². The van der Waals surface area contributed by atoms with Crippen LogP contribution in [0.2, 0.25) is 18.1 Å². The highest BCUT2D eigenvalue weighted by Crippen LogP contribution is 2.38. The van der Waals surface area contributed by atoms with Crippen molar-refractivity contribution < 1.29 is 4.43 Å². The first kappa shape index (κ1) is 16.9. The number of hydrogen-bond acceptors (Lipinski definition) is 3. The first-order valence-corrected chi connectivity index (χ1v) is 10.3. The minimum Gasteiger partial charge on any atom is -0.415 e. The van der Waals surface area contributed by atoms with E-state index in [0.29, 0.717) is 18.1 Å². The van der Waals surface area contributed by atoms with Gasteiger partial charge < -0.3 is 10.2 Å². The number of rotatable bonds is 6. The molecule has 0 spiro atoms. The minimum absolute atomic E-state index is 0.277. The van der Waals surface area contributed by atoms with Crippen molar-refractivity contribution in [2.45, 2.75) is 70.4 Å². The molecule has 0 radical (unpaired) electrons. The summed E-state index contributed by atoms with van der Waals surface area (Å²) in [4.78, 5) is 2.46. The maximum absolute atomic E-state index is 6.34. The van der Waals surface area contributed by atoms with Crippen molar-refractivity contribution in [3.05, 3.63) is 12.7 Å². The van der Waals surface area contributed by atoms with E-state index in [1.165, 1.54) is 0 Å². The molecule has 0 aromatic heterocycles. The molecule has 1 unspecified atom stereocenters. The van der Waals surface area contributed by atoms with Crippen LogP contribution in [0.25, 0.3) is 0 Å². The Kier molecular flexibility index (Phi) is 5.41. The summed E-state index contributed by atoms with van der Waals surface area (Å²) in [6.45, 7) is 19.1. The van der Waals surface area contributed by atoms with E-state index >= 15 is 0 Å². The second-order valence-corrected chi connectivity index (χ2v) is 12.1. The van der Waals surface area contributed by atoms with E-state index in [-0.39, 0.29) is 5.04 Å². The van der Waals surface area contributed by atoms with Gasteiger partial charge in [0.25, 0.3) is 0 Å². The molecule has 4 heteroatoms. The zero-order valence-corrected chi connectivity index (χ0v) is 14.6. The van der Waals surface area contributed by atoms with Gasteiger partial charge >= 0.3 is 0 Å². The summed E-state index contributed by atoms with van der Waals surface area (Å²) in [7, 11) is -1.64. The molecule has 0 aromatic carbocycles. The Morgan fingerprint density at radius 2 is 2.00 bits per heavy atom. The Morgan fingerprint density at radius 3 is 2.42 bits per heavy atom. The van der Waals surface area contributed by atoms with Gasteiger partial charge in [0, 0.05) is 31.3 Å². The minimum atomic E-state index is -1.64. The summed E-state index contributed by atoms with van der Waals surface area (Å²) >= 11 is 0. The van der Waals surface area contributed by atoms with Crippen LogP contribution in [0.4, 0.5) is 0 Å². The van der Waals surface area contributed by atoms with Gasteiger partial charge in [0.15, 0.2) is 8.32 Å². The topological polar surface area (TPSA) is 38.5 Å². The van der Waals surface area contributed by atoms with E-state index in [0.717, 1.165) is 19.6 Å². The maximum atomic E-state index is 6.34. The van der Waals surface area contributed by atoms with E-state index in [1.807, 2.05) is 6.08 Å². The number of nitrogens with two attached hydrogens (primary N) is 1. The maximum Gasteiger partial charge on any atom is 0.192 e. The number of likely N-dealkylation sites (tertiary alicyclic amines) is 1. The Balaban J connectivity index is 2.57. The van der Waals surface area contributed by atoms with Gasteiger partial charge in [-0.2, -0.15) is 0 Å². The molecule has 0 bridgehead atoms. The standard InChI is InChI=1S/C15H32N2OSi/c1-8-12(2)17-13(10-16)9-14(17)11-18-19(6,7)15(3,4)5/h8,12-14H,1,9-11,16H2,2-7H3/t12?,13-,14+/m1/s1. The normalized spacial score (nSPS) is 26.9. The van der Waals surface area contributed by atoms with Crippen LogP contribution in [-0.2, 0) is 4.43 Å². The molecule has 3 nitrogen and oxygen atoms in total. The lowest BCUT2D eigenvalue weighted by atomic mass is 9.91. The lowest BCUT2D eigenvalue weighted by Gasteiger charge is -2.52. The van der Waals surface area contributed by atoms with Crippen molar-refractivity contribution in [2.75, 3.05) is 13.2 Å². The number of hydrogen-bond donors (Lipinski definition) is 1. The van der Waals surface area contributed by atoms with Gasteiger partial charge in [-0.25, -0.2) is 0 Å². The quantitative estimate of drug-likeness (QED) is 0.602. The Hall–Kier alpha value is -0.163. The van der Waals surface area contributed by atoms with Gasteiger partial charge in [-0.1, -0.05) is 26.8 Å². The molecule has 0 amide bonds. The molecule has 112 valence electrons. The average molecular weight is 285 g/mol. The number of nitrogens with zero attached hydrogens (tertiary/aromatic N) is 1. The molecule has 2 N–H and O–H groups in total. The second-order valence-electron chi connectivity index (χ2n) is 7.27. The molecule has 3 atom stereocenters. The SMILES string of the molecule is C=CC(C)N1[C@H](CO[Si](C)(C)C(C)(C)C)C[C@@H]1CN. The van der Waals surface area contributed by atoms with Gasteiger partial charge in [0.2, 0.25) is 0 Å². The van der Waals surface area contributed by atoms with Crippen LogP contribution in [-0.4, -0.2) is 44.5 Å². The largest absolute Gasteiger partial charge is 0.415 e.